The Balaban J connectivity index is 2.11. The van der Waals surface area contributed by atoms with Gasteiger partial charge in [0.05, 0.1) is 18.5 Å². The molecular formula is C9H13N3OS. The third-order valence-electron chi connectivity index (χ3n) is 1.95. The Morgan fingerprint density at radius 1 is 1.50 bits per heavy atom. The predicted octanol–water partition coefficient (Wildman–Crippen LogP) is 1.32. The molecule has 76 valence electrons. The van der Waals surface area contributed by atoms with Crippen LogP contribution in [0.15, 0.2) is 11.1 Å². The lowest BCUT2D eigenvalue weighted by Crippen LogP contribution is -2.30. The Hall–Kier alpha value is -0.810. The van der Waals surface area contributed by atoms with E-state index in [9.17, 15) is 0 Å². The van der Waals surface area contributed by atoms with Crippen molar-refractivity contribution in [2.75, 3.05) is 25.6 Å². The largest absolute Gasteiger partial charge is 0.379 e. The van der Waals surface area contributed by atoms with E-state index in [0.717, 1.165) is 23.9 Å². The number of nitrogens with zero attached hydrogens (tertiary/aromatic N) is 2. The first-order valence-corrected chi connectivity index (χ1v) is 5.44. The van der Waals surface area contributed by atoms with E-state index < -0.39 is 0 Å². The summed E-state index contributed by atoms with van der Waals surface area (Å²) in [6, 6.07) is 2.00. The highest BCUT2D eigenvalue weighted by atomic mass is 32.2. The number of hydrogen-bond acceptors (Lipinski definition) is 5. The Morgan fingerprint density at radius 2 is 2.29 bits per heavy atom. The van der Waals surface area contributed by atoms with Crippen LogP contribution in [0.3, 0.4) is 0 Å². The second-order valence-electron chi connectivity index (χ2n) is 3.20. The fourth-order valence-corrected chi connectivity index (χ4v) is 2.21. The molecule has 0 unspecified atom stereocenters. The lowest BCUT2D eigenvalue weighted by Gasteiger charge is -2.24. The zero-order valence-corrected chi connectivity index (χ0v) is 9.10. The Morgan fingerprint density at radius 3 is 2.86 bits per heavy atom. The number of hydrogen-bond donors (Lipinski definition) is 1. The number of rotatable bonds is 3. The highest BCUT2D eigenvalue weighted by Crippen LogP contribution is 2.27. The number of nitrogens with one attached hydrogen (secondary N) is 1. The van der Waals surface area contributed by atoms with E-state index in [-0.39, 0.29) is 0 Å². The smallest absolute Gasteiger partial charge is 0.223 e. The van der Waals surface area contributed by atoms with Crippen molar-refractivity contribution in [3.05, 3.63) is 11.8 Å². The molecule has 1 aliphatic rings. The molecule has 0 amide bonds. The summed E-state index contributed by atoms with van der Waals surface area (Å²) in [4.78, 5) is 8.60. The quantitative estimate of drug-likeness (QED) is 0.764. The van der Waals surface area contributed by atoms with Gasteiger partial charge in [-0.1, -0.05) is 11.8 Å². The summed E-state index contributed by atoms with van der Waals surface area (Å²) in [5.74, 6) is 0.688. The normalized spacial score (nSPS) is 16.4. The first-order chi connectivity index (χ1) is 6.78. The van der Waals surface area contributed by atoms with Crippen molar-refractivity contribution in [1.82, 2.24) is 9.97 Å². The van der Waals surface area contributed by atoms with Gasteiger partial charge in [0.2, 0.25) is 5.95 Å². The van der Waals surface area contributed by atoms with E-state index in [1.807, 2.05) is 20.0 Å². The van der Waals surface area contributed by atoms with Gasteiger partial charge in [-0.25, -0.2) is 9.97 Å². The summed E-state index contributed by atoms with van der Waals surface area (Å²) in [6.07, 6.45) is 0. The molecule has 0 radical (unpaired) electrons. The Bertz CT molecular complexity index is 328. The highest BCUT2D eigenvalue weighted by molar-refractivity contribution is 8.00. The second kappa shape index (κ2) is 4.14. The molecule has 1 N–H and O–H groups in total. The van der Waals surface area contributed by atoms with Gasteiger partial charge >= 0.3 is 0 Å². The summed E-state index contributed by atoms with van der Waals surface area (Å²) >= 11 is 1.76. The predicted molar refractivity (Wildman–Crippen MR) is 56.8 cm³/mol. The van der Waals surface area contributed by atoms with Gasteiger partial charge in [0, 0.05) is 12.7 Å². The average molecular weight is 211 g/mol. The molecule has 4 nitrogen and oxygen atoms in total. The molecule has 0 saturated carbocycles. The minimum atomic E-state index is 0.564. The van der Waals surface area contributed by atoms with E-state index in [0.29, 0.717) is 11.2 Å². The third-order valence-corrected chi connectivity index (χ3v) is 3.01. The van der Waals surface area contributed by atoms with Crippen LogP contribution in [-0.4, -0.2) is 35.5 Å². The molecule has 2 rings (SSSR count). The Labute approximate surface area is 87.5 Å². The van der Waals surface area contributed by atoms with Gasteiger partial charge in [0.1, 0.15) is 5.03 Å². The van der Waals surface area contributed by atoms with Crippen molar-refractivity contribution < 1.29 is 4.74 Å². The molecule has 0 atom stereocenters. The molecule has 0 aromatic carbocycles. The van der Waals surface area contributed by atoms with Crippen LogP contribution in [0.5, 0.6) is 0 Å². The van der Waals surface area contributed by atoms with Crippen molar-refractivity contribution in [2.45, 2.75) is 17.2 Å². The standard InChI is InChI=1S/C9H13N3OS/c1-6-3-8(12-9(10-2)11-6)14-7-4-13-5-7/h3,7H,4-5H2,1-2H3,(H,10,11,12). The molecule has 1 aromatic heterocycles. The molecule has 1 aliphatic heterocycles. The molecule has 0 aliphatic carbocycles. The Kier molecular flexibility index (Phi) is 2.88. The van der Waals surface area contributed by atoms with Gasteiger partial charge in [0.15, 0.2) is 0 Å². The number of anilines is 1. The maximum absolute atomic E-state index is 5.11. The summed E-state index contributed by atoms with van der Waals surface area (Å²) in [5.41, 5.74) is 0.993. The number of aromatic nitrogens is 2. The van der Waals surface area contributed by atoms with E-state index in [2.05, 4.69) is 15.3 Å². The van der Waals surface area contributed by atoms with Gasteiger partial charge < -0.3 is 10.1 Å². The van der Waals surface area contributed by atoms with E-state index in [1.54, 1.807) is 11.8 Å². The molecule has 14 heavy (non-hydrogen) atoms. The van der Waals surface area contributed by atoms with Gasteiger partial charge in [-0.3, -0.25) is 0 Å². The van der Waals surface area contributed by atoms with E-state index >= 15 is 0 Å². The topological polar surface area (TPSA) is 47.0 Å². The molecular weight excluding hydrogens is 198 g/mol. The summed E-state index contributed by atoms with van der Waals surface area (Å²) in [5, 5.41) is 4.54. The van der Waals surface area contributed by atoms with Crippen molar-refractivity contribution in [1.29, 1.82) is 0 Å². The number of thioether (sulfide) groups is 1. The maximum Gasteiger partial charge on any atom is 0.223 e. The lowest BCUT2D eigenvalue weighted by atomic mass is 10.4. The maximum atomic E-state index is 5.11. The summed E-state index contributed by atoms with van der Waals surface area (Å²) in [7, 11) is 1.83. The van der Waals surface area contributed by atoms with Crippen LogP contribution < -0.4 is 5.32 Å². The molecule has 1 saturated heterocycles. The van der Waals surface area contributed by atoms with Crippen molar-refractivity contribution in [2.24, 2.45) is 0 Å². The van der Waals surface area contributed by atoms with E-state index in [4.69, 9.17) is 4.74 Å². The zero-order chi connectivity index (χ0) is 9.97. The lowest BCUT2D eigenvalue weighted by molar-refractivity contribution is 0.0454. The van der Waals surface area contributed by atoms with Crippen LogP contribution >= 0.6 is 11.8 Å². The van der Waals surface area contributed by atoms with Gasteiger partial charge in [0.25, 0.3) is 0 Å². The van der Waals surface area contributed by atoms with Gasteiger partial charge in [-0.2, -0.15) is 0 Å². The molecule has 1 fully saturated rings. The van der Waals surface area contributed by atoms with Crippen LogP contribution in [-0.2, 0) is 4.74 Å². The molecule has 5 heteroatoms. The number of ether oxygens (including phenoxy) is 1. The summed E-state index contributed by atoms with van der Waals surface area (Å²) < 4.78 is 5.11. The summed E-state index contributed by atoms with van der Waals surface area (Å²) in [6.45, 7) is 3.65. The highest BCUT2D eigenvalue weighted by Gasteiger charge is 2.20. The zero-order valence-electron chi connectivity index (χ0n) is 8.28. The average Bonchev–Trinajstić information content (AvgIpc) is 2.10. The van der Waals surface area contributed by atoms with Gasteiger partial charge in [-0.05, 0) is 13.0 Å². The van der Waals surface area contributed by atoms with Crippen molar-refractivity contribution in [3.63, 3.8) is 0 Å². The third kappa shape index (κ3) is 2.16. The minimum Gasteiger partial charge on any atom is -0.379 e. The first-order valence-electron chi connectivity index (χ1n) is 4.56. The molecule has 1 aromatic rings. The van der Waals surface area contributed by atoms with Crippen LogP contribution in [0.2, 0.25) is 0 Å². The molecule has 0 bridgehead atoms. The van der Waals surface area contributed by atoms with Gasteiger partial charge in [-0.15, -0.1) is 0 Å². The second-order valence-corrected chi connectivity index (χ2v) is 4.52. The fourth-order valence-electron chi connectivity index (χ4n) is 1.16. The van der Waals surface area contributed by atoms with E-state index in [1.165, 1.54) is 0 Å². The van der Waals surface area contributed by atoms with Crippen LogP contribution in [0.25, 0.3) is 0 Å². The van der Waals surface area contributed by atoms with Crippen LogP contribution in [0.4, 0.5) is 5.95 Å². The monoisotopic (exact) mass is 211 g/mol. The first kappa shape index (κ1) is 9.73. The van der Waals surface area contributed by atoms with Crippen LogP contribution in [0.1, 0.15) is 5.69 Å². The number of aryl methyl sites for hydroxylation is 1. The molecule has 2 heterocycles. The molecule has 0 spiro atoms. The SMILES string of the molecule is CNc1nc(C)cc(SC2COC2)n1. The van der Waals surface area contributed by atoms with Crippen molar-refractivity contribution in [3.8, 4) is 0 Å². The van der Waals surface area contributed by atoms with Crippen LogP contribution in [0, 0.1) is 6.92 Å². The van der Waals surface area contributed by atoms with Crippen molar-refractivity contribution >= 4 is 17.7 Å². The minimum absolute atomic E-state index is 0.564. The fraction of sp³-hybridized carbons (Fsp3) is 0.556.